The summed E-state index contributed by atoms with van der Waals surface area (Å²) in [6.45, 7) is 2.84. The number of nitrogens with one attached hydrogen (secondary N) is 1. The van der Waals surface area contributed by atoms with Crippen LogP contribution in [0.5, 0.6) is 5.75 Å². The fourth-order valence-electron chi connectivity index (χ4n) is 2.43. The zero-order chi connectivity index (χ0) is 16.1. The number of likely N-dealkylation sites (N-methyl/N-ethyl adjacent to an activating group) is 1. The standard InChI is InChI=1S/C18H23ClN2O/c1-13-16(19)6-5-7-17(13)20-12-18(21(2)3)14-8-10-15(22-4)11-9-14/h5-11,18,20H,12H2,1-4H3. The van der Waals surface area contributed by atoms with Gasteiger partial charge in [-0.2, -0.15) is 0 Å². The number of hydrogen-bond donors (Lipinski definition) is 1. The van der Waals surface area contributed by atoms with Crippen molar-refractivity contribution in [3.05, 3.63) is 58.6 Å². The molecule has 2 aromatic rings. The predicted octanol–water partition coefficient (Wildman–Crippen LogP) is 4.37. The van der Waals surface area contributed by atoms with Gasteiger partial charge in [0.2, 0.25) is 0 Å². The topological polar surface area (TPSA) is 24.5 Å². The maximum absolute atomic E-state index is 6.18. The molecule has 0 amide bonds. The normalized spacial score (nSPS) is 12.3. The molecular weight excluding hydrogens is 296 g/mol. The van der Waals surface area contributed by atoms with E-state index in [-0.39, 0.29) is 6.04 Å². The fourth-order valence-corrected chi connectivity index (χ4v) is 2.60. The average molecular weight is 319 g/mol. The number of rotatable bonds is 6. The summed E-state index contributed by atoms with van der Waals surface area (Å²) in [7, 11) is 5.85. The maximum atomic E-state index is 6.18. The smallest absolute Gasteiger partial charge is 0.118 e. The van der Waals surface area contributed by atoms with E-state index < -0.39 is 0 Å². The second-order valence-corrected chi connectivity index (χ2v) is 5.95. The largest absolute Gasteiger partial charge is 0.497 e. The molecule has 0 bridgehead atoms. The van der Waals surface area contributed by atoms with Crippen LogP contribution >= 0.6 is 11.6 Å². The Hall–Kier alpha value is -1.71. The molecule has 0 saturated heterocycles. The molecule has 0 aliphatic carbocycles. The maximum Gasteiger partial charge on any atom is 0.118 e. The Balaban J connectivity index is 2.13. The third-order valence-electron chi connectivity index (χ3n) is 3.88. The Kier molecular flexibility index (Phi) is 5.69. The first-order valence-corrected chi connectivity index (χ1v) is 7.70. The number of anilines is 1. The Bertz CT molecular complexity index is 611. The SMILES string of the molecule is COc1ccc(C(CNc2cccc(Cl)c2C)N(C)C)cc1. The highest BCUT2D eigenvalue weighted by Crippen LogP contribution is 2.26. The molecule has 0 aromatic heterocycles. The van der Waals surface area contributed by atoms with Gasteiger partial charge in [-0.15, -0.1) is 0 Å². The van der Waals surface area contributed by atoms with Crippen LogP contribution in [0.15, 0.2) is 42.5 Å². The summed E-state index contributed by atoms with van der Waals surface area (Å²) >= 11 is 6.18. The summed E-state index contributed by atoms with van der Waals surface area (Å²) < 4.78 is 5.22. The number of benzene rings is 2. The minimum Gasteiger partial charge on any atom is -0.497 e. The Morgan fingerprint density at radius 1 is 1.14 bits per heavy atom. The number of methoxy groups -OCH3 is 1. The fraction of sp³-hybridized carbons (Fsp3) is 0.333. The van der Waals surface area contributed by atoms with Gasteiger partial charge in [0.1, 0.15) is 5.75 Å². The quantitative estimate of drug-likeness (QED) is 0.856. The zero-order valence-electron chi connectivity index (χ0n) is 13.6. The minimum atomic E-state index is 0.268. The molecule has 0 spiro atoms. The molecular formula is C18H23ClN2O. The molecule has 2 aromatic carbocycles. The molecule has 22 heavy (non-hydrogen) atoms. The van der Waals surface area contributed by atoms with Gasteiger partial charge in [-0.25, -0.2) is 0 Å². The Morgan fingerprint density at radius 3 is 2.41 bits per heavy atom. The molecule has 0 aliphatic heterocycles. The van der Waals surface area contributed by atoms with E-state index >= 15 is 0 Å². The number of ether oxygens (including phenoxy) is 1. The van der Waals surface area contributed by atoms with Crippen molar-refractivity contribution in [3.8, 4) is 5.75 Å². The molecule has 1 unspecified atom stereocenters. The van der Waals surface area contributed by atoms with Gasteiger partial charge in [0.15, 0.2) is 0 Å². The average Bonchev–Trinajstić information content (AvgIpc) is 2.52. The lowest BCUT2D eigenvalue weighted by atomic mass is 10.1. The lowest BCUT2D eigenvalue weighted by Crippen LogP contribution is -2.27. The number of hydrogen-bond acceptors (Lipinski definition) is 3. The second kappa shape index (κ2) is 7.52. The van der Waals surface area contributed by atoms with Crippen LogP contribution in [0.4, 0.5) is 5.69 Å². The molecule has 118 valence electrons. The molecule has 4 heteroatoms. The van der Waals surface area contributed by atoms with Crippen molar-refractivity contribution in [3.63, 3.8) is 0 Å². The van der Waals surface area contributed by atoms with Crippen molar-refractivity contribution < 1.29 is 4.74 Å². The van der Waals surface area contributed by atoms with Crippen molar-refractivity contribution in [1.82, 2.24) is 4.90 Å². The summed E-state index contributed by atoms with van der Waals surface area (Å²) in [4.78, 5) is 2.20. The van der Waals surface area contributed by atoms with E-state index in [1.807, 2.05) is 31.2 Å². The predicted molar refractivity (Wildman–Crippen MR) is 94.1 cm³/mol. The molecule has 2 rings (SSSR count). The third kappa shape index (κ3) is 3.93. The van der Waals surface area contributed by atoms with E-state index in [0.29, 0.717) is 0 Å². The first-order chi connectivity index (χ1) is 10.5. The summed E-state index contributed by atoms with van der Waals surface area (Å²) in [5, 5.41) is 4.29. The van der Waals surface area contributed by atoms with E-state index in [9.17, 15) is 0 Å². The summed E-state index contributed by atoms with van der Waals surface area (Å²) in [5.74, 6) is 0.875. The van der Waals surface area contributed by atoms with Crippen molar-refractivity contribution >= 4 is 17.3 Å². The molecule has 0 fully saturated rings. The second-order valence-electron chi connectivity index (χ2n) is 5.55. The highest BCUT2D eigenvalue weighted by molar-refractivity contribution is 6.31. The van der Waals surface area contributed by atoms with Gasteiger partial charge in [0.25, 0.3) is 0 Å². The molecule has 0 saturated carbocycles. The van der Waals surface area contributed by atoms with Crippen LogP contribution in [0.25, 0.3) is 0 Å². The highest BCUT2D eigenvalue weighted by atomic mass is 35.5. The summed E-state index contributed by atoms with van der Waals surface area (Å²) in [6, 6.07) is 14.4. The van der Waals surface area contributed by atoms with E-state index in [1.165, 1.54) is 5.56 Å². The lowest BCUT2D eigenvalue weighted by molar-refractivity contribution is 0.311. The third-order valence-corrected chi connectivity index (χ3v) is 4.29. The molecule has 0 heterocycles. The van der Waals surface area contributed by atoms with Gasteiger partial charge in [-0.3, -0.25) is 0 Å². The van der Waals surface area contributed by atoms with Crippen molar-refractivity contribution in [2.24, 2.45) is 0 Å². The molecule has 0 radical (unpaired) electrons. The number of halogens is 1. The van der Waals surface area contributed by atoms with Gasteiger partial charge in [0, 0.05) is 17.3 Å². The first-order valence-electron chi connectivity index (χ1n) is 7.32. The van der Waals surface area contributed by atoms with Crippen LogP contribution in [0.1, 0.15) is 17.2 Å². The summed E-state index contributed by atoms with van der Waals surface area (Å²) in [6.07, 6.45) is 0. The van der Waals surface area contributed by atoms with E-state index in [1.54, 1.807) is 7.11 Å². The van der Waals surface area contributed by atoms with Crippen LogP contribution in [-0.4, -0.2) is 32.6 Å². The van der Waals surface area contributed by atoms with Gasteiger partial charge in [0.05, 0.1) is 13.2 Å². The van der Waals surface area contributed by atoms with Crippen molar-refractivity contribution in [2.75, 3.05) is 33.1 Å². The van der Waals surface area contributed by atoms with E-state index in [2.05, 4.69) is 42.5 Å². The van der Waals surface area contributed by atoms with Crippen LogP contribution in [0.3, 0.4) is 0 Å². The number of nitrogens with zero attached hydrogens (tertiary/aromatic N) is 1. The van der Waals surface area contributed by atoms with Crippen LogP contribution < -0.4 is 10.1 Å². The summed E-state index contributed by atoms with van der Waals surface area (Å²) in [5.41, 5.74) is 3.40. The Morgan fingerprint density at radius 2 is 1.82 bits per heavy atom. The first kappa shape index (κ1) is 16.7. The van der Waals surface area contributed by atoms with Crippen LogP contribution in [0, 0.1) is 6.92 Å². The van der Waals surface area contributed by atoms with Crippen molar-refractivity contribution in [1.29, 1.82) is 0 Å². The Labute approximate surface area is 137 Å². The molecule has 3 nitrogen and oxygen atoms in total. The van der Waals surface area contributed by atoms with Gasteiger partial charge < -0.3 is 15.0 Å². The highest BCUT2D eigenvalue weighted by Gasteiger charge is 2.14. The molecule has 1 atom stereocenters. The van der Waals surface area contributed by atoms with Gasteiger partial charge >= 0.3 is 0 Å². The lowest BCUT2D eigenvalue weighted by Gasteiger charge is -2.26. The van der Waals surface area contributed by atoms with Crippen molar-refractivity contribution in [2.45, 2.75) is 13.0 Å². The zero-order valence-corrected chi connectivity index (χ0v) is 14.3. The van der Waals surface area contributed by atoms with Crippen LogP contribution in [0.2, 0.25) is 5.02 Å². The van der Waals surface area contributed by atoms with Crippen LogP contribution in [-0.2, 0) is 0 Å². The van der Waals surface area contributed by atoms with Gasteiger partial charge in [-0.1, -0.05) is 29.8 Å². The monoisotopic (exact) mass is 318 g/mol. The van der Waals surface area contributed by atoms with Gasteiger partial charge in [-0.05, 0) is 56.4 Å². The van der Waals surface area contributed by atoms with E-state index in [0.717, 1.165) is 28.6 Å². The minimum absolute atomic E-state index is 0.268. The van der Waals surface area contributed by atoms with E-state index in [4.69, 9.17) is 16.3 Å². The molecule has 1 N–H and O–H groups in total. The molecule has 0 aliphatic rings.